The van der Waals surface area contributed by atoms with Crippen LogP contribution in [0.4, 0.5) is 0 Å². The Morgan fingerprint density at radius 1 is 1.50 bits per heavy atom. The molecule has 20 heavy (non-hydrogen) atoms. The zero-order valence-electron chi connectivity index (χ0n) is 12.1. The molecule has 1 aliphatic heterocycles. The molecule has 1 saturated heterocycles. The van der Waals surface area contributed by atoms with Gasteiger partial charge in [-0.2, -0.15) is 0 Å². The second-order valence-electron chi connectivity index (χ2n) is 5.28. The van der Waals surface area contributed by atoms with Gasteiger partial charge in [0.1, 0.15) is 5.76 Å². The second kappa shape index (κ2) is 6.08. The van der Waals surface area contributed by atoms with E-state index in [1.165, 1.54) is 6.42 Å². The highest BCUT2D eigenvalue weighted by Crippen LogP contribution is 2.26. The van der Waals surface area contributed by atoms with Crippen molar-refractivity contribution in [3.8, 4) is 10.8 Å². The maximum absolute atomic E-state index is 5.83. The van der Waals surface area contributed by atoms with Crippen LogP contribution in [0.1, 0.15) is 24.8 Å². The third-order valence-electron chi connectivity index (χ3n) is 3.76. The van der Waals surface area contributed by atoms with Crippen molar-refractivity contribution in [2.45, 2.75) is 32.9 Å². The number of oxazole rings is 1. The summed E-state index contributed by atoms with van der Waals surface area (Å²) < 4.78 is 5.83. The Balaban J connectivity index is 1.75. The summed E-state index contributed by atoms with van der Waals surface area (Å²) in [5.41, 5.74) is 1.08. The lowest BCUT2D eigenvalue weighted by Crippen LogP contribution is -2.57. The molecule has 3 rings (SSSR count). The summed E-state index contributed by atoms with van der Waals surface area (Å²) in [6.45, 7) is 8.44. The third-order valence-corrected chi connectivity index (χ3v) is 4.62. The first kappa shape index (κ1) is 13.8. The van der Waals surface area contributed by atoms with Gasteiger partial charge in [-0.15, -0.1) is 11.3 Å². The van der Waals surface area contributed by atoms with Gasteiger partial charge in [-0.3, -0.25) is 4.90 Å². The number of hydrogen-bond donors (Lipinski definition) is 1. The van der Waals surface area contributed by atoms with Crippen molar-refractivity contribution in [2.75, 3.05) is 19.6 Å². The topological polar surface area (TPSA) is 41.3 Å². The largest absolute Gasteiger partial charge is 0.440 e. The van der Waals surface area contributed by atoms with Crippen molar-refractivity contribution in [1.29, 1.82) is 0 Å². The fourth-order valence-electron chi connectivity index (χ4n) is 2.48. The molecule has 0 aromatic carbocycles. The number of nitrogens with one attached hydrogen (secondary N) is 1. The highest BCUT2D eigenvalue weighted by Gasteiger charge is 2.25. The van der Waals surface area contributed by atoms with Crippen molar-refractivity contribution in [2.24, 2.45) is 0 Å². The quantitative estimate of drug-likeness (QED) is 0.888. The van der Waals surface area contributed by atoms with Crippen LogP contribution in [0.25, 0.3) is 10.8 Å². The van der Waals surface area contributed by atoms with Crippen molar-refractivity contribution in [1.82, 2.24) is 15.2 Å². The molecule has 0 amide bonds. The first-order valence-corrected chi connectivity index (χ1v) is 8.11. The predicted molar refractivity (Wildman–Crippen MR) is 81.9 cm³/mol. The summed E-state index contributed by atoms with van der Waals surface area (Å²) in [5, 5.41) is 5.40. The van der Waals surface area contributed by atoms with Gasteiger partial charge >= 0.3 is 0 Å². The molecule has 0 spiro atoms. The average molecular weight is 291 g/mol. The molecule has 0 unspecified atom stereocenters. The lowest BCUT2D eigenvalue weighted by molar-refractivity contribution is 0.136. The Hall–Kier alpha value is -1.17. The summed E-state index contributed by atoms with van der Waals surface area (Å²) in [5.74, 6) is 1.71. The minimum atomic E-state index is 0.649. The minimum absolute atomic E-state index is 0.649. The number of thiophene rings is 1. The van der Waals surface area contributed by atoms with E-state index in [1.807, 2.05) is 13.0 Å². The number of rotatable bonds is 6. The molecule has 4 nitrogen and oxygen atoms in total. The predicted octanol–water partition coefficient (Wildman–Crippen LogP) is 2.90. The number of aromatic nitrogens is 1. The molecule has 1 aliphatic rings. The standard InChI is InChI=1S/C15H21N3OS/c1-3-6-18(12-8-16-9-12)10-13-11(2)19-15(17-13)14-5-4-7-20-14/h4-5,7,12,16H,3,6,8-10H2,1-2H3. The van der Waals surface area contributed by atoms with Crippen molar-refractivity contribution < 1.29 is 4.42 Å². The molecule has 0 radical (unpaired) electrons. The molecule has 5 heteroatoms. The molecule has 1 N–H and O–H groups in total. The molecular weight excluding hydrogens is 270 g/mol. The highest BCUT2D eigenvalue weighted by atomic mass is 32.1. The fraction of sp³-hybridized carbons (Fsp3) is 0.533. The minimum Gasteiger partial charge on any atom is -0.440 e. The maximum atomic E-state index is 5.83. The van der Waals surface area contributed by atoms with Gasteiger partial charge in [0.15, 0.2) is 0 Å². The Morgan fingerprint density at radius 3 is 2.95 bits per heavy atom. The van der Waals surface area contributed by atoms with Gasteiger partial charge in [-0.05, 0) is 31.3 Å². The van der Waals surface area contributed by atoms with Crippen LogP contribution in [0.5, 0.6) is 0 Å². The SMILES string of the molecule is CCCN(Cc1nc(-c2cccs2)oc1C)C1CNC1. The fourth-order valence-corrected chi connectivity index (χ4v) is 3.13. The zero-order valence-corrected chi connectivity index (χ0v) is 12.9. The van der Waals surface area contributed by atoms with Gasteiger partial charge in [0.05, 0.1) is 10.6 Å². The normalized spacial score (nSPS) is 15.8. The van der Waals surface area contributed by atoms with Crippen molar-refractivity contribution in [3.63, 3.8) is 0 Å². The van der Waals surface area contributed by atoms with E-state index in [1.54, 1.807) is 11.3 Å². The van der Waals surface area contributed by atoms with Crippen LogP contribution in [-0.2, 0) is 6.54 Å². The highest BCUT2D eigenvalue weighted by molar-refractivity contribution is 7.13. The van der Waals surface area contributed by atoms with Crippen molar-refractivity contribution >= 4 is 11.3 Å². The monoisotopic (exact) mass is 291 g/mol. The smallest absolute Gasteiger partial charge is 0.236 e. The molecule has 1 fully saturated rings. The van der Waals surface area contributed by atoms with Crippen LogP contribution in [0.2, 0.25) is 0 Å². The average Bonchev–Trinajstić information content (AvgIpc) is 2.98. The Kier molecular flexibility index (Phi) is 4.19. The van der Waals surface area contributed by atoms with E-state index in [0.29, 0.717) is 6.04 Å². The van der Waals surface area contributed by atoms with E-state index in [0.717, 1.165) is 48.4 Å². The van der Waals surface area contributed by atoms with Gasteiger partial charge in [-0.1, -0.05) is 13.0 Å². The Bertz CT molecular complexity index is 545. The summed E-state index contributed by atoms with van der Waals surface area (Å²) in [7, 11) is 0. The first-order chi connectivity index (χ1) is 9.78. The van der Waals surface area contributed by atoms with Gasteiger partial charge in [-0.25, -0.2) is 4.98 Å². The summed E-state index contributed by atoms with van der Waals surface area (Å²) in [6, 6.07) is 4.73. The third kappa shape index (κ3) is 2.80. The van der Waals surface area contributed by atoms with Gasteiger partial charge in [0, 0.05) is 25.7 Å². The van der Waals surface area contributed by atoms with Crippen molar-refractivity contribution in [3.05, 3.63) is 29.0 Å². The van der Waals surface area contributed by atoms with Crippen LogP contribution in [-0.4, -0.2) is 35.6 Å². The van der Waals surface area contributed by atoms with E-state index < -0.39 is 0 Å². The second-order valence-corrected chi connectivity index (χ2v) is 6.23. The Labute approximate surface area is 123 Å². The lowest BCUT2D eigenvalue weighted by atomic mass is 10.1. The maximum Gasteiger partial charge on any atom is 0.236 e. The van der Waals surface area contributed by atoms with E-state index in [-0.39, 0.29) is 0 Å². The van der Waals surface area contributed by atoms with E-state index in [4.69, 9.17) is 9.40 Å². The number of hydrogen-bond acceptors (Lipinski definition) is 5. The molecule has 0 aliphatic carbocycles. The molecular formula is C15H21N3OS. The summed E-state index contributed by atoms with van der Waals surface area (Å²) in [4.78, 5) is 8.31. The zero-order chi connectivity index (χ0) is 13.9. The van der Waals surface area contributed by atoms with Crippen LogP contribution < -0.4 is 5.32 Å². The molecule has 0 atom stereocenters. The number of aryl methyl sites for hydroxylation is 1. The molecule has 108 valence electrons. The van der Waals surface area contributed by atoms with Crippen LogP contribution in [0.15, 0.2) is 21.9 Å². The molecule has 3 heterocycles. The number of nitrogens with zero attached hydrogens (tertiary/aromatic N) is 2. The van der Waals surface area contributed by atoms with Gasteiger partial charge < -0.3 is 9.73 Å². The molecule has 2 aromatic rings. The summed E-state index contributed by atoms with van der Waals surface area (Å²) >= 11 is 1.67. The first-order valence-electron chi connectivity index (χ1n) is 7.23. The van der Waals surface area contributed by atoms with Crippen LogP contribution in [0.3, 0.4) is 0 Å². The molecule has 0 saturated carbocycles. The lowest BCUT2D eigenvalue weighted by Gasteiger charge is -2.37. The molecule has 0 bridgehead atoms. The van der Waals surface area contributed by atoms with E-state index in [9.17, 15) is 0 Å². The van der Waals surface area contributed by atoms with Crippen LogP contribution >= 0.6 is 11.3 Å². The molecule has 2 aromatic heterocycles. The van der Waals surface area contributed by atoms with Gasteiger partial charge in [0.2, 0.25) is 5.89 Å². The Morgan fingerprint density at radius 2 is 2.35 bits per heavy atom. The van der Waals surface area contributed by atoms with E-state index >= 15 is 0 Å². The summed E-state index contributed by atoms with van der Waals surface area (Å²) in [6.07, 6.45) is 1.17. The van der Waals surface area contributed by atoms with E-state index in [2.05, 4.69) is 28.6 Å². The van der Waals surface area contributed by atoms with Gasteiger partial charge in [0.25, 0.3) is 0 Å². The van der Waals surface area contributed by atoms with Crippen LogP contribution in [0, 0.1) is 6.92 Å².